The molecule has 0 aliphatic rings. The summed E-state index contributed by atoms with van der Waals surface area (Å²) in [6, 6.07) is 0.245. The van der Waals surface area contributed by atoms with Crippen molar-refractivity contribution < 1.29 is 14.2 Å². The second kappa shape index (κ2) is 9.27. The van der Waals surface area contributed by atoms with Crippen LogP contribution in [0.2, 0.25) is 0 Å². The topological polar surface area (TPSA) is 95.6 Å². The van der Waals surface area contributed by atoms with E-state index in [2.05, 4.69) is 15.0 Å². The monoisotopic (exact) mass is 285 g/mol. The number of anilines is 2. The second-order valence-corrected chi connectivity index (χ2v) is 4.10. The van der Waals surface area contributed by atoms with E-state index in [1.54, 1.807) is 14.2 Å². The summed E-state index contributed by atoms with van der Waals surface area (Å²) in [5.41, 5.74) is 5.69. The van der Waals surface area contributed by atoms with Crippen molar-refractivity contribution in [3.8, 4) is 6.01 Å². The van der Waals surface area contributed by atoms with E-state index < -0.39 is 0 Å². The van der Waals surface area contributed by atoms with Crippen LogP contribution in [0.25, 0.3) is 0 Å². The minimum absolute atomic E-state index is 0.140. The summed E-state index contributed by atoms with van der Waals surface area (Å²) in [6.07, 6.45) is 0.873. The van der Waals surface area contributed by atoms with Crippen LogP contribution in [0, 0.1) is 0 Å². The first-order valence-electron chi connectivity index (χ1n) is 6.58. The Kier molecular flexibility index (Phi) is 7.59. The van der Waals surface area contributed by atoms with Gasteiger partial charge in [0, 0.05) is 27.3 Å². The average molecular weight is 285 g/mol. The molecule has 0 saturated carbocycles. The first-order chi connectivity index (χ1) is 9.71. The molecule has 0 radical (unpaired) electrons. The summed E-state index contributed by atoms with van der Waals surface area (Å²) in [4.78, 5) is 14.3. The molecule has 1 aromatic rings. The first kappa shape index (κ1) is 16.4. The van der Waals surface area contributed by atoms with E-state index >= 15 is 0 Å². The minimum Gasteiger partial charge on any atom is -0.463 e. The maximum absolute atomic E-state index is 5.69. The highest BCUT2D eigenvalue weighted by molar-refractivity contribution is 5.35. The molecule has 20 heavy (non-hydrogen) atoms. The van der Waals surface area contributed by atoms with Crippen LogP contribution in [-0.4, -0.2) is 62.1 Å². The summed E-state index contributed by atoms with van der Waals surface area (Å²) in [7, 11) is 3.29. The quantitative estimate of drug-likeness (QED) is 0.657. The fraction of sp³-hybridized carbons (Fsp3) is 0.750. The largest absolute Gasteiger partial charge is 0.463 e. The summed E-state index contributed by atoms with van der Waals surface area (Å²) in [5.74, 6) is 0.610. The molecule has 2 N–H and O–H groups in total. The van der Waals surface area contributed by atoms with E-state index in [9.17, 15) is 0 Å². The Balaban J connectivity index is 2.83. The van der Waals surface area contributed by atoms with Gasteiger partial charge in [0.05, 0.1) is 19.8 Å². The first-order valence-corrected chi connectivity index (χ1v) is 6.58. The molecule has 8 nitrogen and oxygen atoms in total. The fourth-order valence-corrected chi connectivity index (χ4v) is 1.48. The number of methoxy groups -OCH3 is 2. The van der Waals surface area contributed by atoms with Gasteiger partial charge >= 0.3 is 6.01 Å². The van der Waals surface area contributed by atoms with Crippen molar-refractivity contribution in [3.05, 3.63) is 0 Å². The van der Waals surface area contributed by atoms with Gasteiger partial charge in [0.25, 0.3) is 0 Å². The molecule has 1 heterocycles. The molecule has 1 aromatic heterocycles. The molecular formula is C12H23N5O3. The van der Waals surface area contributed by atoms with Crippen molar-refractivity contribution in [1.29, 1.82) is 0 Å². The van der Waals surface area contributed by atoms with Crippen LogP contribution < -0.4 is 15.4 Å². The highest BCUT2D eigenvalue weighted by Crippen LogP contribution is 2.13. The zero-order chi connectivity index (χ0) is 14.8. The molecular weight excluding hydrogens is 262 g/mol. The Morgan fingerprint density at radius 3 is 2.20 bits per heavy atom. The third-order valence-electron chi connectivity index (χ3n) is 2.47. The number of rotatable bonds is 10. The third kappa shape index (κ3) is 5.54. The van der Waals surface area contributed by atoms with E-state index in [0.717, 1.165) is 6.42 Å². The lowest BCUT2D eigenvalue weighted by Gasteiger charge is -2.22. The molecule has 0 aliphatic heterocycles. The fourth-order valence-electron chi connectivity index (χ4n) is 1.48. The van der Waals surface area contributed by atoms with Crippen LogP contribution in [0.1, 0.15) is 13.3 Å². The van der Waals surface area contributed by atoms with Gasteiger partial charge in [0.15, 0.2) is 0 Å². The van der Waals surface area contributed by atoms with Crippen LogP contribution >= 0.6 is 0 Å². The molecule has 0 atom stereocenters. The molecule has 1 rings (SSSR count). The SMILES string of the molecule is CCCOc1nc(N)nc(N(CCOC)CCOC)n1. The maximum Gasteiger partial charge on any atom is 0.323 e. The molecule has 0 spiro atoms. The molecule has 114 valence electrons. The normalized spacial score (nSPS) is 10.6. The van der Waals surface area contributed by atoms with Crippen LogP contribution in [-0.2, 0) is 9.47 Å². The standard InChI is InChI=1S/C12H23N5O3/c1-4-7-20-12-15-10(13)14-11(16-12)17(5-8-18-2)6-9-19-3/h4-9H2,1-3H3,(H2,13,14,15,16). The smallest absolute Gasteiger partial charge is 0.323 e. The van der Waals surface area contributed by atoms with Crippen LogP contribution in [0.3, 0.4) is 0 Å². The Hall–Kier alpha value is -1.67. The summed E-state index contributed by atoms with van der Waals surface area (Å²) in [5, 5.41) is 0. The highest BCUT2D eigenvalue weighted by atomic mass is 16.5. The lowest BCUT2D eigenvalue weighted by molar-refractivity contribution is 0.189. The van der Waals surface area contributed by atoms with Crippen molar-refractivity contribution in [2.75, 3.05) is 57.8 Å². The van der Waals surface area contributed by atoms with Crippen molar-refractivity contribution in [2.24, 2.45) is 0 Å². The van der Waals surface area contributed by atoms with Gasteiger partial charge < -0.3 is 24.8 Å². The minimum atomic E-state index is 0.140. The van der Waals surface area contributed by atoms with Crippen LogP contribution in [0.4, 0.5) is 11.9 Å². The van der Waals surface area contributed by atoms with E-state index in [1.165, 1.54) is 0 Å². The summed E-state index contributed by atoms with van der Waals surface area (Å²) < 4.78 is 15.6. The van der Waals surface area contributed by atoms with E-state index in [4.69, 9.17) is 19.9 Å². The third-order valence-corrected chi connectivity index (χ3v) is 2.47. The Morgan fingerprint density at radius 2 is 1.65 bits per heavy atom. The molecule has 8 heteroatoms. The zero-order valence-electron chi connectivity index (χ0n) is 12.3. The van der Waals surface area contributed by atoms with Gasteiger partial charge in [0.1, 0.15) is 0 Å². The Morgan fingerprint density at radius 1 is 1.00 bits per heavy atom. The summed E-state index contributed by atoms with van der Waals surface area (Å²) >= 11 is 0. The van der Waals surface area contributed by atoms with Gasteiger partial charge in [0.2, 0.25) is 11.9 Å². The Bertz CT molecular complexity index is 383. The summed E-state index contributed by atoms with van der Waals surface area (Å²) in [6.45, 7) is 4.93. The number of nitrogens with zero attached hydrogens (tertiary/aromatic N) is 4. The molecule has 0 bridgehead atoms. The number of nitrogen functional groups attached to an aromatic ring is 1. The van der Waals surface area contributed by atoms with Gasteiger partial charge in [-0.05, 0) is 6.42 Å². The van der Waals surface area contributed by atoms with E-state index in [-0.39, 0.29) is 12.0 Å². The number of ether oxygens (including phenoxy) is 3. The molecule has 0 aliphatic carbocycles. The molecule has 0 saturated heterocycles. The molecule has 0 aromatic carbocycles. The number of nitrogens with two attached hydrogens (primary N) is 1. The van der Waals surface area contributed by atoms with Crippen LogP contribution in [0.15, 0.2) is 0 Å². The van der Waals surface area contributed by atoms with Gasteiger partial charge in [-0.3, -0.25) is 0 Å². The molecule has 0 unspecified atom stereocenters. The van der Waals surface area contributed by atoms with Crippen molar-refractivity contribution in [2.45, 2.75) is 13.3 Å². The second-order valence-electron chi connectivity index (χ2n) is 4.10. The maximum atomic E-state index is 5.69. The van der Waals surface area contributed by atoms with Crippen molar-refractivity contribution in [1.82, 2.24) is 15.0 Å². The molecule has 0 amide bonds. The van der Waals surface area contributed by atoms with E-state index in [0.29, 0.717) is 38.9 Å². The Labute approximate surface area is 119 Å². The lowest BCUT2D eigenvalue weighted by atomic mass is 10.5. The predicted molar refractivity (Wildman–Crippen MR) is 76.0 cm³/mol. The van der Waals surface area contributed by atoms with Gasteiger partial charge in [-0.1, -0.05) is 6.92 Å². The van der Waals surface area contributed by atoms with Crippen molar-refractivity contribution >= 4 is 11.9 Å². The number of hydrogen-bond acceptors (Lipinski definition) is 8. The number of aromatic nitrogens is 3. The average Bonchev–Trinajstić information content (AvgIpc) is 2.44. The van der Waals surface area contributed by atoms with Crippen LogP contribution in [0.5, 0.6) is 6.01 Å². The predicted octanol–water partition coefficient (Wildman–Crippen LogP) is 0.342. The highest BCUT2D eigenvalue weighted by Gasteiger charge is 2.13. The van der Waals surface area contributed by atoms with E-state index in [1.807, 2.05) is 11.8 Å². The van der Waals surface area contributed by atoms with Gasteiger partial charge in [-0.25, -0.2) is 0 Å². The van der Waals surface area contributed by atoms with Gasteiger partial charge in [-0.15, -0.1) is 0 Å². The zero-order valence-corrected chi connectivity index (χ0v) is 12.3. The van der Waals surface area contributed by atoms with Crippen molar-refractivity contribution in [3.63, 3.8) is 0 Å². The lowest BCUT2D eigenvalue weighted by Crippen LogP contribution is -2.32. The van der Waals surface area contributed by atoms with Gasteiger partial charge in [-0.2, -0.15) is 15.0 Å². The number of hydrogen-bond donors (Lipinski definition) is 1. The molecule has 0 fully saturated rings.